The van der Waals surface area contributed by atoms with Gasteiger partial charge in [-0.15, -0.1) is 0 Å². The van der Waals surface area contributed by atoms with Crippen LogP contribution in [-0.4, -0.2) is 53.8 Å². The van der Waals surface area contributed by atoms with Gasteiger partial charge in [-0.25, -0.2) is 4.39 Å². The molecular weight excluding hydrogens is 429 g/mol. The number of nitrogens with one attached hydrogen (secondary N) is 1. The average Bonchev–Trinajstić information content (AvgIpc) is 3.33. The number of carbonyl (C=O) groups is 2. The van der Waals surface area contributed by atoms with Gasteiger partial charge in [-0.2, -0.15) is 0 Å². The Morgan fingerprint density at radius 3 is 2.21 bits per heavy atom. The minimum atomic E-state index is -0.363. The van der Waals surface area contributed by atoms with Crippen LogP contribution in [0.3, 0.4) is 0 Å². The number of carbonyl (C=O) groups excluding carboxylic acids is 2. The molecule has 4 rings (SSSR count). The van der Waals surface area contributed by atoms with Crippen LogP contribution in [0.1, 0.15) is 62.4 Å². The summed E-state index contributed by atoms with van der Waals surface area (Å²) in [5.41, 5.74) is 2.45. The molecule has 5 nitrogen and oxygen atoms in total. The molecule has 0 spiro atoms. The zero-order valence-electron chi connectivity index (χ0n) is 20.5. The van der Waals surface area contributed by atoms with E-state index in [2.05, 4.69) is 31.0 Å². The molecule has 0 radical (unpaired) electrons. The molecule has 1 aliphatic heterocycles. The fourth-order valence-corrected chi connectivity index (χ4v) is 5.23. The second-order valence-corrected chi connectivity index (χ2v) is 10.6. The first-order valence-electron chi connectivity index (χ1n) is 12.4. The van der Waals surface area contributed by atoms with Crippen molar-refractivity contribution in [2.75, 3.05) is 31.5 Å². The van der Waals surface area contributed by atoms with Crippen molar-refractivity contribution in [1.29, 1.82) is 0 Å². The van der Waals surface area contributed by atoms with Gasteiger partial charge in [-0.05, 0) is 60.1 Å². The summed E-state index contributed by atoms with van der Waals surface area (Å²) in [7, 11) is 0. The summed E-state index contributed by atoms with van der Waals surface area (Å²) in [6.45, 7) is 8.98. The highest BCUT2D eigenvalue weighted by molar-refractivity contribution is 5.95. The molecule has 1 heterocycles. The summed E-state index contributed by atoms with van der Waals surface area (Å²) >= 11 is 0. The molecule has 34 heavy (non-hydrogen) atoms. The zero-order valence-corrected chi connectivity index (χ0v) is 20.5. The molecule has 2 fully saturated rings. The summed E-state index contributed by atoms with van der Waals surface area (Å²) in [5, 5.41) is 2.93. The molecule has 0 unspecified atom stereocenters. The predicted octanol–water partition coefficient (Wildman–Crippen LogP) is 5.08. The topological polar surface area (TPSA) is 52.7 Å². The molecule has 1 saturated carbocycles. The molecule has 1 aliphatic carbocycles. The Labute approximate surface area is 202 Å². The van der Waals surface area contributed by atoms with Gasteiger partial charge in [0.15, 0.2) is 0 Å². The van der Waals surface area contributed by atoms with E-state index >= 15 is 0 Å². The second-order valence-electron chi connectivity index (χ2n) is 10.6. The largest absolute Gasteiger partial charge is 0.336 e. The van der Waals surface area contributed by atoms with Crippen LogP contribution in [-0.2, 0) is 10.2 Å². The molecule has 1 atom stereocenters. The van der Waals surface area contributed by atoms with Crippen molar-refractivity contribution in [2.24, 2.45) is 5.92 Å². The lowest BCUT2D eigenvalue weighted by atomic mass is 9.86. The molecule has 0 aromatic heterocycles. The number of benzene rings is 2. The summed E-state index contributed by atoms with van der Waals surface area (Å²) in [6, 6.07) is 13.7. The van der Waals surface area contributed by atoms with Crippen LogP contribution < -0.4 is 5.32 Å². The van der Waals surface area contributed by atoms with Crippen LogP contribution in [0, 0.1) is 11.7 Å². The van der Waals surface area contributed by atoms with Crippen LogP contribution >= 0.6 is 0 Å². The minimum Gasteiger partial charge on any atom is -0.336 e. The predicted molar refractivity (Wildman–Crippen MR) is 133 cm³/mol. The van der Waals surface area contributed by atoms with E-state index in [4.69, 9.17) is 0 Å². The SMILES string of the molecule is CC(C)(C)c1ccc(C(=O)N2CCN([C@@H](C(=O)Nc3cccc(F)c3)C3CCCC3)CC2)cc1. The highest BCUT2D eigenvalue weighted by Gasteiger charge is 2.37. The van der Waals surface area contributed by atoms with E-state index < -0.39 is 0 Å². The third-order valence-corrected chi connectivity index (χ3v) is 7.20. The molecule has 2 amide bonds. The maximum absolute atomic E-state index is 13.6. The molecular formula is C28H36FN3O2. The summed E-state index contributed by atoms with van der Waals surface area (Å²) in [4.78, 5) is 30.5. The number of amides is 2. The van der Waals surface area contributed by atoms with Gasteiger partial charge in [0.2, 0.25) is 5.91 Å². The van der Waals surface area contributed by atoms with Gasteiger partial charge in [-0.1, -0.05) is 51.8 Å². The van der Waals surface area contributed by atoms with Gasteiger partial charge < -0.3 is 10.2 Å². The van der Waals surface area contributed by atoms with Gasteiger partial charge in [0, 0.05) is 37.4 Å². The first kappa shape index (κ1) is 24.4. The fraction of sp³-hybridized carbons (Fsp3) is 0.500. The number of piperazine rings is 1. The van der Waals surface area contributed by atoms with Crippen molar-refractivity contribution < 1.29 is 14.0 Å². The third-order valence-electron chi connectivity index (χ3n) is 7.20. The summed E-state index contributed by atoms with van der Waals surface area (Å²) in [5.74, 6) is -0.101. The monoisotopic (exact) mass is 465 g/mol. The van der Waals surface area contributed by atoms with Gasteiger partial charge in [0.1, 0.15) is 5.82 Å². The summed E-state index contributed by atoms with van der Waals surface area (Å²) < 4.78 is 13.6. The maximum Gasteiger partial charge on any atom is 0.253 e. The Hall–Kier alpha value is -2.73. The number of halogens is 1. The van der Waals surface area contributed by atoms with Gasteiger partial charge in [0.25, 0.3) is 5.91 Å². The number of nitrogens with zero attached hydrogens (tertiary/aromatic N) is 2. The molecule has 2 aliphatic rings. The Kier molecular flexibility index (Phi) is 7.36. The first-order valence-corrected chi connectivity index (χ1v) is 12.4. The normalized spacial score (nSPS) is 18.6. The quantitative estimate of drug-likeness (QED) is 0.670. The van der Waals surface area contributed by atoms with Crippen molar-refractivity contribution in [3.8, 4) is 0 Å². The summed E-state index contributed by atoms with van der Waals surface area (Å²) in [6.07, 6.45) is 4.33. The molecule has 182 valence electrons. The van der Waals surface area contributed by atoms with Crippen molar-refractivity contribution in [3.05, 3.63) is 65.5 Å². The van der Waals surface area contributed by atoms with Gasteiger partial charge in [0.05, 0.1) is 6.04 Å². The molecule has 2 aromatic carbocycles. The number of hydrogen-bond acceptors (Lipinski definition) is 3. The van der Waals surface area contributed by atoms with Crippen LogP contribution in [0.2, 0.25) is 0 Å². The Morgan fingerprint density at radius 1 is 0.971 bits per heavy atom. The maximum atomic E-state index is 13.6. The lowest BCUT2D eigenvalue weighted by molar-refractivity contribution is -0.123. The van der Waals surface area contributed by atoms with Crippen LogP contribution in [0.15, 0.2) is 48.5 Å². The van der Waals surface area contributed by atoms with E-state index in [9.17, 15) is 14.0 Å². The van der Waals surface area contributed by atoms with E-state index in [1.807, 2.05) is 29.2 Å². The highest BCUT2D eigenvalue weighted by atomic mass is 19.1. The second kappa shape index (κ2) is 10.3. The molecule has 2 aromatic rings. The van der Waals surface area contributed by atoms with Crippen molar-refractivity contribution in [3.63, 3.8) is 0 Å². The number of anilines is 1. The van der Waals surface area contributed by atoms with Crippen molar-refractivity contribution in [2.45, 2.75) is 57.9 Å². The minimum absolute atomic E-state index is 0.0433. The lowest BCUT2D eigenvalue weighted by Crippen LogP contribution is -2.56. The number of rotatable bonds is 5. The van der Waals surface area contributed by atoms with Crippen LogP contribution in [0.5, 0.6) is 0 Å². The van der Waals surface area contributed by atoms with E-state index in [-0.39, 0.29) is 29.1 Å². The fourth-order valence-electron chi connectivity index (χ4n) is 5.23. The standard InChI is InChI=1S/C28H36FN3O2/c1-28(2,3)22-13-11-21(12-14-22)27(34)32-17-15-31(16-18-32)25(20-7-4-5-8-20)26(33)30-24-10-6-9-23(29)19-24/h6,9-14,19-20,25H,4-5,7-8,15-18H2,1-3H3,(H,30,33)/t25-/m1/s1. The van der Waals surface area contributed by atoms with E-state index in [0.29, 0.717) is 43.3 Å². The smallest absolute Gasteiger partial charge is 0.253 e. The third kappa shape index (κ3) is 5.66. The van der Waals surface area contributed by atoms with Crippen LogP contribution in [0.4, 0.5) is 10.1 Å². The molecule has 6 heteroatoms. The number of hydrogen-bond donors (Lipinski definition) is 1. The Morgan fingerprint density at radius 2 is 1.62 bits per heavy atom. The van der Waals surface area contributed by atoms with E-state index in [1.54, 1.807) is 12.1 Å². The Bertz CT molecular complexity index is 1000. The lowest BCUT2D eigenvalue weighted by Gasteiger charge is -2.40. The highest BCUT2D eigenvalue weighted by Crippen LogP contribution is 2.32. The molecule has 1 saturated heterocycles. The van der Waals surface area contributed by atoms with Crippen molar-refractivity contribution >= 4 is 17.5 Å². The van der Waals surface area contributed by atoms with Gasteiger partial charge >= 0.3 is 0 Å². The van der Waals surface area contributed by atoms with E-state index in [1.165, 1.54) is 17.7 Å². The zero-order chi connectivity index (χ0) is 24.3. The molecule has 0 bridgehead atoms. The van der Waals surface area contributed by atoms with Crippen LogP contribution in [0.25, 0.3) is 0 Å². The average molecular weight is 466 g/mol. The Balaban J connectivity index is 1.41. The van der Waals surface area contributed by atoms with Gasteiger partial charge in [-0.3, -0.25) is 14.5 Å². The molecule has 1 N–H and O–H groups in total. The van der Waals surface area contributed by atoms with E-state index in [0.717, 1.165) is 25.7 Å². The first-order chi connectivity index (χ1) is 16.2. The van der Waals surface area contributed by atoms with Crippen molar-refractivity contribution in [1.82, 2.24) is 9.80 Å².